The van der Waals surface area contributed by atoms with Gasteiger partial charge in [0, 0.05) is 17.9 Å². The van der Waals surface area contributed by atoms with E-state index in [4.69, 9.17) is 17.2 Å². The molecule has 0 saturated heterocycles. The molecule has 3 heteroatoms. The average molecular weight is 136 g/mol. The van der Waals surface area contributed by atoms with E-state index in [0.29, 0.717) is 11.4 Å². The van der Waals surface area contributed by atoms with Crippen molar-refractivity contribution in [3.63, 3.8) is 0 Å². The molecule has 3 nitrogen and oxygen atoms in total. The molecule has 10 heavy (non-hydrogen) atoms. The van der Waals surface area contributed by atoms with Crippen LogP contribution in [-0.2, 0) is 6.54 Å². The Bertz CT molecular complexity index is 232. The standard InChI is InChI=1S/C7H10N3/c8-4-5-1-2-6(9)3-7(5)10/h1-3,8H,4,9-10H2. The van der Waals surface area contributed by atoms with Crippen LogP contribution >= 0.6 is 0 Å². The van der Waals surface area contributed by atoms with Gasteiger partial charge < -0.3 is 11.5 Å². The maximum absolute atomic E-state index is 7.03. The second-order valence-electron chi connectivity index (χ2n) is 2.14. The van der Waals surface area contributed by atoms with E-state index in [0.717, 1.165) is 5.56 Å². The zero-order valence-corrected chi connectivity index (χ0v) is 5.59. The van der Waals surface area contributed by atoms with Crippen LogP contribution in [0.4, 0.5) is 11.4 Å². The minimum absolute atomic E-state index is 0.214. The SMILES string of the molecule is [NH]Cc1ccc(N)cc1N. The molecule has 0 aliphatic rings. The van der Waals surface area contributed by atoms with Gasteiger partial charge in [-0.3, -0.25) is 5.73 Å². The zero-order chi connectivity index (χ0) is 7.56. The highest BCUT2D eigenvalue weighted by Crippen LogP contribution is 2.14. The number of nitrogens with one attached hydrogen (secondary N) is 1. The predicted octanol–water partition coefficient (Wildman–Crippen LogP) is 0.634. The summed E-state index contributed by atoms with van der Waals surface area (Å²) in [6, 6.07) is 5.20. The van der Waals surface area contributed by atoms with E-state index >= 15 is 0 Å². The van der Waals surface area contributed by atoms with Crippen LogP contribution in [0.25, 0.3) is 0 Å². The molecule has 0 aliphatic heterocycles. The number of anilines is 2. The van der Waals surface area contributed by atoms with Crippen LogP contribution in [0, 0.1) is 0 Å². The zero-order valence-electron chi connectivity index (χ0n) is 5.59. The van der Waals surface area contributed by atoms with Crippen molar-refractivity contribution < 1.29 is 0 Å². The van der Waals surface area contributed by atoms with Crippen LogP contribution in [0.5, 0.6) is 0 Å². The Morgan fingerprint density at radius 3 is 2.50 bits per heavy atom. The van der Waals surface area contributed by atoms with Gasteiger partial charge in [-0.05, 0) is 17.7 Å². The Morgan fingerprint density at radius 2 is 2.00 bits per heavy atom. The Morgan fingerprint density at radius 1 is 1.30 bits per heavy atom. The third-order valence-electron chi connectivity index (χ3n) is 1.36. The first-order valence-corrected chi connectivity index (χ1v) is 3.02. The summed E-state index contributed by atoms with van der Waals surface area (Å²) in [5.41, 5.74) is 20.1. The molecule has 0 aliphatic carbocycles. The fourth-order valence-corrected chi connectivity index (χ4v) is 0.774. The summed E-state index contributed by atoms with van der Waals surface area (Å²) in [6.45, 7) is 0.214. The summed E-state index contributed by atoms with van der Waals surface area (Å²) in [7, 11) is 0. The number of hydrogen-bond acceptors (Lipinski definition) is 2. The first-order chi connectivity index (χ1) is 4.74. The van der Waals surface area contributed by atoms with E-state index < -0.39 is 0 Å². The Labute approximate surface area is 59.8 Å². The highest BCUT2D eigenvalue weighted by molar-refractivity contribution is 5.56. The molecule has 1 aromatic rings. The average Bonchev–Trinajstić information content (AvgIpc) is 1.88. The van der Waals surface area contributed by atoms with Gasteiger partial charge in [0.25, 0.3) is 0 Å². The van der Waals surface area contributed by atoms with Crippen molar-refractivity contribution in [3.05, 3.63) is 23.8 Å². The van der Waals surface area contributed by atoms with Crippen molar-refractivity contribution in [2.75, 3.05) is 11.5 Å². The molecule has 0 spiro atoms. The van der Waals surface area contributed by atoms with Crippen molar-refractivity contribution in [2.45, 2.75) is 6.54 Å². The first kappa shape index (κ1) is 6.89. The normalized spacial score (nSPS) is 9.70. The highest BCUT2D eigenvalue weighted by atomic mass is 14.6. The molecule has 0 fully saturated rings. The fraction of sp³-hybridized carbons (Fsp3) is 0.143. The van der Waals surface area contributed by atoms with Crippen molar-refractivity contribution in [1.82, 2.24) is 5.73 Å². The lowest BCUT2D eigenvalue weighted by atomic mass is 10.1. The second-order valence-corrected chi connectivity index (χ2v) is 2.14. The van der Waals surface area contributed by atoms with Gasteiger partial charge in [0.05, 0.1) is 0 Å². The lowest BCUT2D eigenvalue weighted by Crippen LogP contribution is -1.96. The van der Waals surface area contributed by atoms with Crippen molar-refractivity contribution in [1.29, 1.82) is 0 Å². The summed E-state index contributed by atoms with van der Waals surface area (Å²) in [5, 5.41) is 0. The van der Waals surface area contributed by atoms with Gasteiger partial charge in [-0.1, -0.05) is 6.07 Å². The first-order valence-electron chi connectivity index (χ1n) is 3.02. The molecule has 5 N–H and O–H groups in total. The van der Waals surface area contributed by atoms with Gasteiger partial charge in [0.1, 0.15) is 0 Å². The molecule has 0 aromatic heterocycles. The molecule has 0 amide bonds. The molecular weight excluding hydrogens is 126 g/mol. The number of hydrogen-bond donors (Lipinski definition) is 2. The molecule has 0 bridgehead atoms. The minimum atomic E-state index is 0.214. The van der Waals surface area contributed by atoms with Crippen molar-refractivity contribution in [3.8, 4) is 0 Å². The molecule has 0 unspecified atom stereocenters. The lowest BCUT2D eigenvalue weighted by molar-refractivity contribution is 1.03. The molecule has 53 valence electrons. The van der Waals surface area contributed by atoms with E-state index in [1.54, 1.807) is 18.2 Å². The molecule has 0 atom stereocenters. The van der Waals surface area contributed by atoms with Gasteiger partial charge in [-0.2, -0.15) is 0 Å². The summed E-state index contributed by atoms with van der Waals surface area (Å²) in [4.78, 5) is 0. The molecule has 0 saturated carbocycles. The highest BCUT2D eigenvalue weighted by Gasteiger charge is 1.95. The van der Waals surface area contributed by atoms with Gasteiger partial charge in [-0.15, -0.1) is 0 Å². The topological polar surface area (TPSA) is 75.8 Å². The van der Waals surface area contributed by atoms with Gasteiger partial charge >= 0.3 is 0 Å². The number of rotatable bonds is 1. The van der Waals surface area contributed by atoms with E-state index in [-0.39, 0.29) is 6.54 Å². The predicted molar refractivity (Wildman–Crippen MR) is 42.1 cm³/mol. The second kappa shape index (κ2) is 2.58. The molecule has 1 aromatic carbocycles. The van der Waals surface area contributed by atoms with E-state index in [9.17, 15) is 0 Å². The van der Waals surface area contributed by atoms with Crippen LogP contribution < -0.4 is 17.2 Å². The quantitative estimate of drug-likeness (QED) is 0.555. The fourth-order valence-electron chi connectivity index (χ4n) is 0.774. The van der Waals surface area contributed by atoms with Crippen LogP contribution in [0.15, 0.2) is 18.2 Å². The largest absolute Gasteiger partial charge is 0.399 e. The molecule has 1 rings (SSSR count). The van der Waals surface area contributed by atoms with Crippen LogP contribution in [0.1, 0.15) is 5.56 Å². The Balaban J connectivity index is 3.07. The van der Waals surface area contributed by atoms with Gasteiger partial charge in [-0.25, -0.2) is 0 Å². The summed E-state index contributed by atoms with van der Waals surface area (Å²) in [6.07, 6.45) is 0. The molecular formula is C7H10N3. The van der Waals surface area contributed by atoms with E-state index in [2.05, 4.69) is 0 Å². The monoisotopic (exact) mass is 136 g/mol. The van der Waals surface area contributed by atoms with Gasteiger partial charge in [0.2, 0.25) is 0 Å². The van der Waals surface area contributed by atoms with E-state index in [1.807, 2.05) is 0 Å². The number of benzene rings is 1. The third-order valence-corrected chi connectivity index (χ3v) is 1.36. The maximum Gasteiger partial charge on any atom is 0.0380 e. The molecule has 0 heterocycles. The van der Waals surface area contributed by atoms with Crippen LogP contribution in [0.3, 0.4) is 0 Å². The maximum atomic E-state index is 7.03. The van der Waals surface area contributed by atoms with Gasteiger partial charge in [0.15, 0.2) is 0 Å². The smallest absolute Gasteiger partial charge is 0.0380 e. The van der Waals surface area contributed by atoms with Crippen LogP contribution in [0.2, 0.25) is 0 Å². The van der Waals surface area contributed by atoms with Crippen LogP contribution in [-0.4, -0.2) is 0 Å². The number of nitrogen functional groups attached to an aromatic ring is 2. The summed E-state index contributed by atoms with van der Waals surface area (Å²) < 4.78 is 0. The Hall–Kier alpha value is -1.22. The number of nitrogens with two attached hydrogens (primary N) is 2. The molecule has 1 radical (unpaired) electrons. The minimum Gasteiger partial charge on any atom is -0.399 e. The summed E-state index contributed by atoms with van der Waals surface area (Å²) >= 11 is 0. The van der Waals surface area contributed by atoms with E-state index in [1.165, 1.54) is 0 Å². The Kier molecular flexibility index (Phi) is 1.78. The van der Waals surface area contributed by atoms with Crippen molar-refractivity contribution >= 4 is 11.4 Å². The van der Waals surface area contributed by atoms with Crippen molar-refractivity contribution in [2.24, 2.45) is 0 Å². The lowest BCUT2D eigenvalue weighted by Gasteiger charge is -2.01. The third kappa shape index (κ3) is 1.19. The summed E-state index contributed by atoms with van der Waals surface area (Å²) in [5.74, 6) is 0.